The molecule has 0 unspecified atom stereocenters. The standard InChI is InChI=1S/C37H18N4O6/c42-33-29-13-9-22(7-11-25-5-1-3-15-38-25)17-31(29)35(44)40(33)27-19-24(37(46)47)20-28(21-27)41-34(43)30-14-10-23(18-32(30)36(41)45)8-12-26-6-2-4-16-39-26/h1-6,9-10,13-21H,(H,46,47). The van der Waals surface area contributed by atoms with Crippen LogP contribution in [0.1, 0.15) is 74.3 Å². The fraction of sp³-hybridized carbons (Fsp3) is 0. The van der Waals surface area contributed by atoms with Gasteiger partial charge in [-0.25, -0.2) is 24.6 Å². The van der Waals surface area contributed by atoms with Crippen molar-refractivity contribution in [1.29, 1.82) is 0 Å². The van der Waals surface area contributed by atoms with Crippen LogP contribution in [0.15, 0.2) is 103 Å². The number of imide groups is 2. The van der Waals surface area contributed by atoms with Gasteiger partial charge in [0.25, 0.3) is 23.6 Å². The third kappa shape index (κ3) is 5.18. The number of amides is 4. The summed E-state index contributed by atoms with van der Waals surface area (Å²) >= 11 is 0. The summed E-state index contributed by atoms with van der Waals surface area (Å²) < 4.78 is 0. The second-order valence-electron chi connectivity index (χ2n) is 10.4. The van der Waals surface area contributed by atoms with Gasteiger partial charge in [0.2, 0.25) is 0 Å². The average Bonchev–Trinajstić information content (AvgIpc) is 3.50. The van der Waals surface area contributed by atoms with E-state index in [1.54, 1.807) is 60.9 Å². The monoisotopic (exact) mass is 614 g/mol. The fourth-order valence-corrected chi connectivity index (χ4v) is 5.23. The van der Waals surface area contributed by atoms with Crippen molar-refractivity contribution in [2.75, 3.05) is 9.80 Å². The number of carboxylic acid groups (broad SMARTS) is 1. The number of hydrogen-bond donors (Lipinski definition) is 1. The van der Waals surface area contributed by atoms with Crippen molar-refractivity contribution in [3.8, 4) is 23.7 Å². The minimum Gasteiger partial charge on any atom is -0.478 e. The zero-order chi connectivity index (χ0) is 32.7. The Morgan fingerprint density at radius 1 is 0.532 bits per heavy atom. The van der Waals surface area contributed by atoms with Crippen molar-refractivity contribution in [2.45, 2.75) is 0 Å². The molecule has 10 nitrogen and oxygen atoms in total. The van der Waals surface area contributed by atoms with E-state index in [1.807, 2.05) is 0 Å². The zero-order valence-corrected chi connectivity index (χ0v) is 24.1. The summed E-state index contributed by atoms with van der Waals surface area (Å²) in [4.78, 5) is 76.2. The molecule has 3 aromatic carbocycles. The quantitative estimate of drug-likeness (QED) is 0.230. The van der Waals surface area contributed by atoms with Gasteiger partial charge in [-0.1, -0.05) is 24.0 Å². The second-order valence-corrected chi connectivity index (χ2v) is 10.4. The highest BCUT2D eigenvalue weighted by molar-refractivity contribution is 6.36. The lowest BCUT2D eigenvalue weighted by Gasteiger charge is -2.20. The van der Waals surface area contributed by atoms with Crippen LogP contribution in [-0.4, -0.2) is 44.7 Å². The van der Waals surface area contributed by atoms with Gasteiger partial charge >= 0.3 is 5.97 Å². The molecular formula is C37H18N4O6. The summed E-state index contributed by atoms with van der Waals surface area (Å²) in [6.07, 6.45) is 3.20. The molecule has 10 heteroatoms. The Hall–Kier alpha value is -7.17. The van der Waals surface area contributed by atoms with Crippen molar-refractivity contribution in [3.05, 3.63) is 154 Å². The lowest BCUT2D eigenvalue weighted by atomic mass is 10.1. The third-order valence-corrected chi connectivity index (χ3v) is 7.44. The van der Waals surface area contributed by atoms with Gasteiger partial charge in [0.05, 0.1) is 39.2 Å². The van der Waals surface area contributed by atoms with Gasteiger partial charge in [-0.05, 0) is 90.7 Å². The highest BCUT2D eigenvalue weighted by Crippen LogP contribution is 2.36. The lowest BCUT2D eigenvalue weighted by molar-refractivity contribution is 0.0694. The van der Waals surface area contributed by atoms with E-state index < -0.39 is 29.6 Å². The minimum atomic E-state index is -1.39. The van der Waals surface area contributed by atoms with E-state index in [0.29, 0.717) is 22.5 Å². The van der Waals surface area contributed by atoms with Crippen LogP contribution in [0.3, 0.4) is 0 Å². The van der Waals surface area contributed by atoms with Crippen LogP contribution in [-0.2, 0) is 0 Å². The molecule has 1 N–H and O–H groups in total. The van der Waals surface area contributed by atoms with Crippen molar-refractivity contribution >= 4 is 41.0 Å². The first-order valence-electron chi connectivity index (χ1n) is 14.1. The van der Waals surface area contributed by atoms with Gasteiger partial charge in [0.1, 0.15) is 11.4 Å². The molecule has 2 aliphatic heterocycles. The van der Waals surface area contributed by atoms with Crippen LogP contribution < -0.4 is 9.80 Å². The van der Waals surface area contributed by atoms with E-state index >= 15 is 0 Å². The normalized spacial score (nSPS) is 13.0. The first kappa shape index (κ1) is 28.6. The summed E-state index contributed by atoms with van der Waals surface area (Å²) in [6.45, 7) is 0. The Morgan fingerprint density at radius 3 is 1.38 bits per heavy atom. The van der Waals surface area contributed by atoms with Gasteiger partial charge in [0.15, 0.2) is 0 Å². The van der Waals surface area contributed by atoms with Gasteiger partial charge in [-0.15, -0.1) is 0 Å². The number of aromatic nitrogens is 2. The van der Waals surface area contributed by atoms with E-state index in [2.05, 4.69) is 33.6 Å². The van der Waals surface area contributed by atoms with Crippen LogP contribution in [0.4, 0.5) is 11.4 Å². The Kier molecular flexibility index (Phi) is 6.93. The first-order chi connectivity index (χ1) is 22.8. The molecule has 4 heterocycles. The van der Waals surface area contributed by atoms with Crippen LogP contribution in [0.5, 0.6) is 0 Å². The molecule has 0 spiro atoms. The summed E-state index contributed by atoms with van der Waals surface area (Å²) in [6, 6.07) is 23.2. The van der Waals surface area contributed by atoms with E-state index in [0.717, 1.165) is 21.9 Å². The molecule has 5 aromatic rings. The molecule has 0 bridgehead atoms. The number of carbonyl (C=O) groups excluding carboxylic acids is 4. The van der Waals surface area contributed by atoms with Crippen LogP contribution in [0.25, 0.3) is 0 Å². The number of carbonyl (C=O) groups is 5. The third-order valence-electron chi connectivity index (χ3n) is 7.44. The molecule has 2 aliphatic rings. The predicted molar refractivity (Wildman–Crippen MR) is 169 cm³/mol. The largest absolute Gasteiger partial charge is 0.478 e. The first-order valence-corrected chi connectivity index (χ1v) is 14.1. The molecular weight excluding hydrogens is 596 g/mol. The van der Waals surface area contributed by atoms with E-state index in [-0.39, 0.29) is 39.2 Å². The highest BCUT2D eigenvalue weighted by atomic mass is 16.4. The topological polar surface area (TPSA) is 138 Å². The number of nitrogens with zero attached hydrogens (tertiary/aromatic N) is 4. The maximum absolute atomic E-state index is 13.6. The van der Waals surface area contributed by atoms with Crippen molar-refractivity contribution in [2.24, 2.45) is 0 Å². The van der Waals surface area contributed by atoms with Crippen molar-refractivity contribution < 1.29 is 29.1 Å². The molecule has 222 valence electrons. The number of carboxylic acids is 1. The number of anilines is 2. The minimum absolute atomic E-state index is 0.0742. The summed E-state index contributed by atoms with van der Waals surface area (Å²) in [5, 5.41) is 9.89. The molecule has 7 rings (SSSR count). The van der Waals surface area contributed by atoms with Crippen LogP contribution in [0, 0.1) is 23.7 Å². The number of fused-ring (bicyclic) bond motifs is 2. The Bertz CT molecular complexity index is 2170. The maximum atomic E-state index is 13.6. The van der Waals surface area contributed by atoms with Gasteiger partial charge in [-0.3, -0.25) is 19.2 Å². The SMILES string of the molecule is O=C(O)c1cc(N2C(=O)c3ccc(C#Cc4ccccn4)cc3C2=O)cc(N2C(=O)c3ccc(C#Cc4ccccn4)cc3C2=O)c1. The zero-order valence-electron chi connectivity index (χ0n) is 24.1. The molecule has 0 atom stereocenters. The molecule has 2 aromatic heterocycles. The van der Waals surface area contributed by atoms with Crippen LogP contribution >= 0.6 is 0 Å². The summed E-state index contributed by atoms with van der Waals surface area (Å²) in [7, 11) is 0. The van der Waals surface area contributed by atoms with Crippen molar-refractivity contribution in [1.82, 2.24) is 9.97 Å². The number of aromatic carboxylic acids is 1. The maximum Gasteiger partial charge on any atom is 0.335 e. The van der Waals surface area contributed by atoms with Crippen LogP contribution in [0.2, 0.25) is 0 Å². The highest BCUT2D eigenvalue weighted by Gasteiger charge is 2.40. The fourth-order valence-electron chi connectivity index (χ4n) is 5.23. The number of rotatable bonds is 3. The van der Waals surface area contributed by atoms with Gasteiger partial charge in [-0.2, -0.15) is 0 Å². The summed E-state index contributed by atoms with van der Waals surface area (Å²) in [5.74, 6) is 7.45. The number of pyridine rings is 2. The second kappa shape index (κ2) is 11.4. The molecule has 0 aliphatic carbocycles. The predicted octanol–water partition coefficient (Wildman–Crippen LogP) is 4.58. The van der Waals surface area contributed by atoms with Crippen molar-refractivity contribution in [3.63, 3.8) is 0 Å². The van der Waals surface area contributed by atoms with E-state index in [9.17, 15) is 29.1 Å². The van der Waals surface area contributed by atoms with E-state index in [1.165, 1.54) is 30.3 Å². The molecule has 4 amide bonds. The van der Waals surface area contributed by atoms with E-state index in [4.69, 9.17) is 0 Å². The Morgan fingerprint density at radius 2 is 0.979 bits per heavy atom. The van der Waals surface area contributed by atoms with Gasteiger partial charge in [0, 0.05) is 23.5 Å². The average molecular weight is 615 g/mol. The Labute approximate surface area is 266 Å². The molecule has 0 fully saturated rings. The smallest absolute Gasteiger partial charge is 0.335 e. The van der Waals surface area contributed by atoms with Gasteiger partial charge < -0.3 is 5.11 Å². The molecule has 0 radical (unpaired) electrons. The summed E-state index contributed by atoms with van der Waals surface area (Å²) in [5.41, 5.74) is 1.75. The lowest BCUT2D eigenvalue weighted by Crippen LogP contribution is -2.32. The number of benzene rings is 3. The number of hydrogen-bond acceptors (Lipinski definition) is 7. The molecule has 0 saturated carbocycles. The molecule has 47 heavy (non-hydrogen) atoms. The Balaban J connectivity index is 1.22. The molecule has 0 saturated heterocycles.